The van der Waals surface area contributed by atoms with Crippen molar-refractivity contribution in [2.45, 2.75) is 50.5 Å². The molecule has 6 nitrogen and oxygen atoms in total. The van der Waals surface area contributed by atoms with Crippen LogP contribution in [0.3, 0.4) is 0 Å². The van der Waals surface area contributed by atoms with Crippen LogP contribution in [0.15, 0.2) is 64.3 Å². The van der Waals surface area contributed by atoms with Crippen molar-refractivity contribution >= 4 is 28.8 Å². The molecule has 1 aliphatic carbocycles. The average molecular weight is 493 g/mol. The first kappa shape index (κ1) is 23.8. The van der Waals surface area contributed by atoms with E-state index in [1.54, 1.807) is 11.3 Å². The third-order valence-corrected chi connectivity index (χ3v) is 8.12. The van der Waals surface area contributed by atoms with Crippen LogP contribution in [0.4, 0.5) is 5.69 Å². The Morgan fingerprint density at radius 1 is 1.20 bits per heavy atom. The van der Waals surface area contributed by atoms with Crippen molar-refractivity contribution in [3.8, 4) is 0 Å². The summed E-state index contributed by atoms with van der Waals surface area (Å²) in [6, 6.07) is 12.4. The molecule has 1 saturated heterocycles. The third kappa shape index (κ3) is 4.80. The lowest BCUT2D eigenvalue weighted by Crippen LogP contribution is -2.36. The number of Topliss-reactive ketones (excluding diaryl/α,β-unsaturated/α-hetero) is 1. The molecule has 0 bridgehead atoms. The first-order valence-corrected chi connectivity index (χ1v) is 13.1. The van der Waals surface area contributed by atoms with Gasteiger partial charge in [-0.2, -0.15) is 0 Å². The molecule has 3 heterocycles. The van der Waals surface area contributed by atoms with Crippen LogP contribution in [-0.4, -0.2) is 45.2 Å². The fourth-order valence-corrected chi connectivity index (χ4v) is 6.20. The average Bonchev–Trinajstić information content (AvgIpc) is 3.56. The summed E-state index contributed by atoms with van der Waals surface area (Å²) in [5.41, 5.74) is 5.22. The topological polar surface area (TPSA) is 67.9 Å². The number of esters is 1. The van der Waals surface area contributed by atoms with E-state index in [1.165, 1.54) is 0 Å². The summed E-state index contributed by atoms with van der Waals surface area (Å²) in [5, 5.41) is 5.42. The zero-order chi connectivity index (χ0) is 24.5. The van der Waals surface area contributed by atoms with Gasteiger partial charge in [-0.05, 0) is 61.2 Å². The van der Waals surface area contributed by atoms with Gasteiger partial charge in [0, 0.05) is 54.7 Å². The molecule has 0 amide bonds. The number of thiophene rings is 1. The molecule has 1 fully saturated rings. The molecule has 0 unspecified atom stereocenters. The Bertz CT molecular complexity index is 1160. The Labute approximate surface area is 210 Å². The Morgan fingerprint density at radius 3 is 2.66 bits per heavy atom. The van der Waals surface area contributed by atoms with Crippen LogP contribution in [-0.2, 0) is 19.1 Å². The molecule has 7 heteroatoms. The molecule has 3 aliphatic rings. The summed E-state index contributed by atoms with van der Waals surface area (Å²) < 4.78 is 11.3. The number of hydrogen-bond donors (Lipinski definition) is 1. The van der Waals surface area contributed by atoms with Crippen LogP contribution in [0.25, 0.3) is 0 Å². The molecule has 35 heavy (non-hydrogen) atoms. The molecule has 184 valence electrons. The molecule has 1 aromatic carbocycles. The van der Waals surface area contributed by atoms with Crippen molar-refractivity contribution in [1.82, 2.24) is 5.32 Å². The zero-order valence-electron chi connectivity index (χ0n) is 20.5. The van der Waals surface area contributed by atoms with Gasteiger partial charge in [-0.3, -0.25) is 4.79 Å². The van der Waals surface area contributed by atoms with E-state index in [-0.39, 0.29) is 30.4 Å². The minimum absolute atomic E-state index is 0.0395. The predicted molar refractivity (Wildman–Crippen MR) is 138 cm³/mol. The minimum atomic E-state index is -0.396. The normalized spacial score (nSPS) is 24.3. The van der Waals surface area contributed by atoms with Gasteiger partial charge in [-0.15, -0.1) is 11.3 Å². The van der Waals surface area contributed by atoms with Gasteiger partial charge in [-0.25, -0.2) is 4.79 Å². The quantitative estimate of drug-likeness (QED) is 0.579. The monoisotopic (exact) mass is 492 g/mol. The highest BCUT2D eigenvalue weighted by molar-refractivity contribution is 7.10. The first-order chi connectivity index (χ1) is 16.9. The largest absolute Gasteiger partial charge is 0.459 e. The second-order valence-corrected chi connectivity index (χ2v) is 10.7. The summed E-state index contributed by atoms with van der Waals surface area (Å²) >= 11 is 1.57. The van der Waals surface area contributed by atoms with E-state index in [1.807, 2.05) is 38.5 Å². The number of carbonyl (C=O) groups is 2. The second kappa shape index (κ2) is 9.99. The molecule has 5 rings (SSSR count). The maximum Gasteiger partial charge on any atom is 0.336 e. The summed E-state index contributed by atoms with van der Waals surface area (Å²) in [6.07, 6.45) is 3.03. The van der Waals surface area contributed by atoms with Crippen molar-refractivity contribution in [3.63, 3.8) is 0 Å². The molecule has 3 atom stereocenters. The zero-order valence-corrected chi connectivity index (χ0v) is 21.3. The lowest BCUT2D eigenvalue weighted by molar-refractivity contribution is -0.142. The number of anilines is 1. The van der Waals surface area contributed by atoms with Crippen LogP contribution < -0.4 is 10.2 Å². The van der Waals surface area contributed by atoms with Gasteiger partial charge >= 0.3 is 5.97 Å². The Balaban J connectivity index is 1.43. The number of nitrogens with one attached hydrogen (secondary N) is 1. The molecular formula is C28H32N2O4S. The van der Waals surface area contributed by atoms with Crippen molar-refractivity contribution < 1.29 is 19.1 Å². The SMILES string of the molecule is CC1=C(C(=O)OC[C@@H]2CCCO2)[C@H](c2cccs2)C2=C(C[C@@H](c3ccc(N(C)C)cc3)CC2=O)N1. The van der Waals surface area contributed by atoms with E-state index in [0.717, 1.165) is 46.8 Å². The van der Waals surface area contributed by atoms with Gasteiger partial charge in [0.05, 0.1) is 17.6 Å². The maximum atomic E-state index is 13.6. The molecule has 0 saturated carbocycles. The second-order valence-electron chi connectivity index (χ2n) is 9.75. The van der Waals surface area contributed by atoms with Crippen LogP contribution in [0.5, 0.6) is 0 Å². The van der Waals surface area contributed by atoms with Gasteiger partial charge in [0.15, 0.2) is 5.78 Å². The van der Waals surface area contributed by atoms with Crippen molar-refractivity contribution in [1.29, 1.82) is 0 Å². The molecule has 1 N–H and O–H groups in total. The van der Waals surface area contributed by atoms with Crippen LogP contribution in [0.1, 0.15) is 54.9 Å². The lowest BCUT2D eigenvalue weighted by atomic mass is 9.73. The van der Waals surface area contributed by atoms with Crippen LogP contribution >= 0.6 is 11.3 Å². The summed E-state index contributed by atoms with van der Waals surface area (Å²) in [7, 11) is 4.04. The van der Waals surface area contributed by atoms with E-state index in [4.69, 9.17) is 9.47 Å². The number of carbonyl (C=O) groups excluding carboxylic acids is 2. The molecule has 2 aliphatic heterocycles. The number of allylic oxidation sites excluding steroid dienone is 3. The Morgan fingerprint density at radius 2 is 2.00 bits per heavy atom. The number of ketones is 1. The van der Waals surface area contributed by atoms with E-state index < -0.39 is 5.92 Å². The number of ether oxygens (including phenoxy) is 2. The van der Waals surface area contributed by atoms with Crippen molar-refractivity contribution in [2.75, 3.05) is 32.2 Å². The Kier molecular flexibility index (Phi) is 6.80. The number of dihydropyridines is 1. The van der Waals surface area contributed by atoms with E-state index in [9.17, 15) is 9.59 Å². The van der Waals surface area contributed by atoms with Gasteiger partial charge < -0.3 is 19.7 Å². The summed E-state index contributed by atoms with van der Waals surface area (Å²) in [4.78, 5) is 30.0. The van der Waals surface area contributed by atoms with Crippen molar-refractivity contribution in [3.05, 3.63) is 74.8 Å². The van der Waals surface area contributed by atoms with E-state index in [2.05, 4.69) is 34.5 Å². The highest BCUT2D eigenvalue weighted by atomic mass is 32.1. The number of benzene rings is 1. The fourth-order valence-electron chi connectivity index (χ4n) is 5.35. The number of rotatable bonds is 6. The number of hydrogen-bond acceptors (Lipinski definition) is 7. The molecule has 0 radical (unpaired) electrons. The van der Waals surface area contributed by atoms with Crippen molar-refractivity contribution in [2.24, 2.45) is 0 Å². The third-order valence-electron chi connectivity index (χ3n) is 7.18. The minimum Gasteiger partial charge on any atom is -0.459 e. The van der Waals surface area contributed by atoms with Gasteiger partial charge in [-0.1, -0.05) is 18.2 Å². The summed E-state index contributed by atoms with van der Waals surface area (Å²) in [6.45, 7) is 2.87. The summed E-state index contributed by atoms with van der Waals surface area (Å²) in [5.74, 6) is -0.567. The van der Waals surface area contributed by atoms with Gasteiger partial charge in [0.1, 0.15) is 6.61 Å². The predicted octanol–water partition coefficient (Wildman–Crippen LogP) is 4.90. The maximum absolute atomic E-state index is 13.6. The fraction of sp³-hybridized carbons (Fsp3) is 0.429. The first-order valence-electron chi connectivity index (χ1n) is 12.3. The van der Waals surface area contributed by atoms with Crippen LogP contribution in [0.2, 0.25) is 0 Å². The van der Waals surface area contributed by atoms with Gasteiger partial charge in [0.25, 0.3) is 0 Å². The number of nitrogens with zero attached hydrogens (tertiary/aromatic N) is 1. The lowest BCUT2D eigenvalue weighted by Gasteiger charge is -2.36. The molecular weight excluding hydrogens is 460 g/mol. The molecule has 1 aromatic heterocycles. The standard InChI is InChI=1S/C28H32N2O4S/c1-17-25(28(32)34-16-21-6-4-12-33-21)27(24-7-5-13-35-24)26-22(29-17)14-19(15-23(26)31)18-8-10-20(11-9-18)30(2)3/h5,7-11,13,19,21,27,29H,4,6,12,14-16H2,1-3H3/t19-,21+,27+/m1/s1. The van der Waals surface area contributed by atoms with E-state index in [0.29, 0.717) is 24.2 Å². The van der Waals surface area contributed by atoms with Crippen LogP contribution in [0, 0.1) is 0 Å². The highest BCUT2D eigenvalue weighted by Crippen LogP contribution is 2.46. The molecule has 0 spiro atoms. The smallest absolute Gasteiger partial charge is 0.336 e. The van der Waals surface area contributed by atoms with E-state index >= 15 is 0 Å². The van der Waals surface area contributed by atoms with Gasteiger partial charge in [0.2, 0.25) is 0 Å². The molecule has 2 aromatic rings. The Hall–Kier alpha value is -2.90. The highest BCUT2D eigenvalue weighted by Gasteiger charge is 2.42.